The number of aryl methyl sites for hydroxylation is 1. The van der Waals surface area contributed by atoms with Crippen molar-refractivity contribution < 1.29 is 18.7 Å². The van der Waals surface area contributed by atoms with Crippen LogP contribution < -0.4 is 10.1 Å². The van der Waals surface area contributed by atoms with Gasteiger partial charge in [0.1, 0.15) is 28.8 Å². The van der Waals surface area contributed by atoms with Crippen LogP contribution in [0.25, 0.3) is 0 Å². The molecule has 3 heterocycles. The van der Waals surface area contributed by atoms with Crippen molar-refractivity contribution in [1.29, 1.82) is 0 Å². The van der Waals surface area contributed by atoms with E-state index in [-0.39, 0.29) is 18.3 Å². The third-order valence-electron chi connectivity index (χ3n) is 5.20. The first kappa shape index (κ1) is 22.2. The van der Waals surface area contributed by atoms with Crippen molar-refractivity contribution >= 4 is 40.7 Å². The SMILES string of the molecule is Cn1ncc(NC(=O)c2ccc(COc3cccc(Cl)c3Cl)o2)c1C(=O)N1CCCCC1. The number of furan rings is 1. The highest BCUT2D eigenvalue weighted by atomic mass is 35.5. The summed E-state index contributed by atoms with van der Waals surface area (Å²) in [6.07, 6.45) is 4.53. The maximum Gasteiger partial charge on any atom is 0.291 e. The number of halogens is 2. The number of nitrogens with zero attached hydrogens (tertiary/aromatic N) is 3. The Balaban J connectivity index is 1.42. The third-order valence-corrected chi connectivity index (χ3v) is 6.01. The smallest absolute Gasteiger partial charge is 0.291 e. The van der Waals surface area contributed by atoms with E-state index in [1.807, 2.05) is 0 Å². The Bertz CT molecular complexity index is 1130. The Morgan fingerprint density at radius 3 is 2.72 bits per heavy atom. The molecule has 32 heavy (non-hydrogen) atoms. The predicted molar refractivity (Wildman–Crippen MR) is 120 cm³/mol. The molecule has 1 saturated heterocycles. The number of nitrogens with one attached hydrogen (secondary N) is 1. The Morgan fingerprint density at radius 1 is 1.16 bits per heavy atom. The maximum absolute atomic E-state index is 12.9. The fraction of sp³-hybridized carbons (Fsp3) is 0.318. The molecule has 1 aliphatic rings. The zero-order valence-electron chi connectivity index (χ0n) is 17.4. The van der Waals surface area contributed by atoms with Crippen LogP contribution in [0.2, 0.25) is 10.0 Å². The molecule has 2 amide bonds. The summed E-state index contributed by atoms with van der Waals surface area (Å²) in [6, 6.07) is 8.25. The Labute approximate surface area is 195 Å². The number of hydrogen-bond donors (Lipinski definition) is 1. The molecule has 0 radical (unpaired) electrons. The summed E-state index contributed by atoms with van der Waals surface area (Å²) in [5.74, 6) is 0.297. The number of rotatable bonds is 6. The molecule has 1 aromatic carbocycles. The average molecular weight is 477 g/mol. The lowest BCUT2D eigenvalue weighted by Gasteiger charge is -2.27. The highest BCUT2D eigenvalue weighted by Crippen LogP contribution is 2.32. The average Bonchev–Trinajstić information content (AvgIpc) is 3.42. The van der Waals surface area contributed by atoms with Crippen molar-refractivity contribution in [2.24, 2.45) is 7.05 Å². The molecule has 168 valence electrons. The Kier molecular flexibility index (Phi) is 6.72. The number of amides is 2. The molecule has 8 nitrogen and oxygen atoms in total. The maximum atomic E-state index is 12.9. The van der Waals surface area contributed by atoms with Gasteiger partial charge in [0.25, 0.3) is 11.8 Å². The molecule has 2 aromatic heterocycles. The van der Waals surface area contributed by atoms with Gasteiger partial charge >= 0.3 is 0 Å². The first-order valence-electron chi connectivity index (χ1n) is 10.2. The molecule has 0 bridgehead atoms. The number of hydrogen-bond acceptors (Lipinski definition) is 5. The predicted octanol–water partition coefficient (Wildman–Crippen LogP) is 4.78. The molecule has 4 rings (SSSR count). The van der Waals surface area contributed by atoms with Gasteiger partial charge in [0.05, 0.1) is 16.9 Å². The van der Waals surface area contributed by atoms with Crippen LogP contribution in [0.1, 0.15) is 46.1 Å². The number of piperidine rings is 1. The van der Waals surface area contributed by atoms with Gasteiger partial charge in [-0.2, -0.15) is 5.10 Å². The van der Waals surface area contributed by atoms with Crippen LogP contribution in [0.5, 0.6) is 5.75 Å². The Hall–Kier alpha value is -2.97. The van der Waals surface area contributed by atoms with E-state index in [4.69, 9.17) is 32.4 Å². The molecule has 10 heteroatoms. The lowest BCUT2D eigenvalue weighted by Crippen LogP contribution is -2.37. The van der Waals surface area contributed by atoms with Crippen molar-refractivity contribution in [3.8, 4) is 5.75 Å². The van der Waals surface area contributed by atoms with E-state index < -0.39 is 5.91 Å². The van der Waals surface area contributed by atoms with E-state index in [2.05, 4.69) is 10.4 Å². The number of benzene rings is 1. The third kappa shape index (κ3) is 4.76. The summed E-state index contributed by atoms with van der Waals surface area (Å²) < 4.78 is 12.7. The summed E-state index contributed by atoms with van der Waals surface area (Å²) in [5.41, 5.74) is 0.680. The van der Waals surface area contributed by atoms with Crippen molar-refractivity contribution in [1.82, 2.24) is 14.7 Å². The molecule has 0 spiro atoms. The van der Waals surface area contributed by atoms with Gasteiger partial charge in [-0.25, -0.2) is 0 Å². The van der Waals surface area contributed by atoms with Crippen LogP contribution in [0, 0.1) is 0 Å². The molecule has 1 aliphatic heterocycles. The van der Waals surface area contributed by atoms with Crippen LogP contribution >= 0.6 is 23.2 Å². The van der Waals surface area contributed by atoms with E-state index in [9.17, 15) is 9.59 Å². The van der Waals surface area contributed by atoms with Crippen molar-refractivity contribution in [3.63, 3.8) is 0 Å². The van der Waals surface area contributed by atoms with Crippen molar-refractivity contribution in [3.05, 3.63) is 63.8 Å². The zero-order valence-corrected chi connectivity index (χ0v) is 18.9. The number of anilines is 1. The van der Waals surface area contributed by atoms with Crippen LogP contribution in [0.4, 0.5) is 5.69 Å². The van der Waals surface area contributed by atoms with Gasteiger partial charge in [-0.15, -0.1) is 0 Å². The van der Waals surface area contributed by atoms with Gasteiger partial charge in [-0.05, 0) is 43.5 Å². The summed E-state index contributed by atoms with van der Waals surface area (Å²) >= 11 is 12.1. The van der Waals surface area contributed by atoms with Gasteiger partial charge in [0.15, 0.2) is 5.76 Å². The van der Waals surface area contributed by atoms with Crippen molar-refractivity contribution in [2.45, 2.75) is 25.9 Å². The first-order valence-corrected chi connectivity index (χ1v) is 11.0. The molecule has 1 fully saturated rings. The molecule has 3 aromatic rings. The molecule has 0 aliphatic carbocycles. The molecular weight excluding hydrogens is 455 g/mol. The van der Waals surface area contributed by atoms with Gasteiger partial charge in [0.2, 0.25) is 0 Å². The van der Waals surface area contributed by atoms with Gasteiger partial charge in [-0.1, -0.05) is 29.3 Å². The van der Waals surface area contributed by atoms with Crippen LogP contribution in [0.3, 0.4) is 0 Å². The standard InChI is InChI=1S/C22H22Cl2N4O4/c1-27-20(22(30)28-10-3-2-4-11-28)16(12-25-27)26-21(29)18-9-8-14(32-18)13-31-17-7-5-6-15(23)19(17)24/h5-9,12H,2-4,10-11,13H2,1H3,(H,26,29). The molecule has 0 atom stereocenters. The lowest BCUT2D eigenvalue weighted by atomic mass is 10.1. The van der Waals surface area contributed by atoms with Gasteiger partial charge < -0.3 is 19.4 Å². The summed E-state index contributed by atoms with van der Waals surface area (Å²) in [4.78, 5) is 27.5. The summed E-state index contributed by atoms with van der Waals surface area (Å²) in [7, 11) is 1.68. The van der Waals surface area contributed by atoms with Gasteiger partial charge in [-0.3, -0.25) is 14.3 Å². The number of ether oxygens (including phenoxy) is 1. The fourth-order valence-corrected chi connectivity index (χ4v) is 3.88. The second kappa shape index (κ2) is 9.67. The minimum Gasteiger partial charge on any atom is -0.484 e. The van der Waals surface area contributed by atoms with Gasteiger partial charge in [0, 0.05) is 20.1 Å². The number of aromatic nitrogens is 2. The zero-order chi connectivity index (χ0) is 22.7. The highest BCUT2D eigenvalue weighted by Gasteiger charge is 2.26. The molecule has 1 N–H and O–H groups in total. The molecular formula is C22H22Cl2N4O4. The number of likely N-dealkylation sites (tertiary alicyclic amines) is 1. The quantitative estimate of drug-likeness (QED) is 0.552. The van der Waals surface area contributed by atoms with Crippen LogP contribution in [-0.2, 0) is 13.7 Å². The van der Waals surface area contributed by atoms with E-state index in [0.29, 0.717) is 46.0 Å². The molecule has 0 saturated carbocycles. The van der Waals surface area contributed by atoms with Crippen LogP contribution in [0.15, 0.2) is 40.9 Å². The largest absolute Gasteiger partial charge is 0.484 e. The van der Waals surface area contributed by atoms with Crippen LogP contribution in [-0.4, -0.2) is 39.6 Å². The topological polar surface area (TPSA) is 89.6 Å². The number of carbonyl (C=O) groups is 2. The summed E-state index contributed by atoms with van der Waals surface area (Å²) in [5, 5.41) is 7.56. The van der Waals surface area contributed by atoms with E-state index in [0.717, 1.165) is 19.3 Å². The second-order valence-electron chi connectivity index (χ2n) is 7.44. The van der Waals surface area contributed by atoms with E-state index in [1.165, 1.54) is 16.9 Å². The fourth-order valence-electron chi connectivity index (χ4n) is 3.54. The van der Waals surface area contributed by atoms with E-state index in [1.54, 1.807) is 36.2 Å². The second-order valence-corrected chi connectivity index (χ2v) is 8.23. The van der Waals surface area contributed by atoms with E-state index >= 15 is 0 Å². The first-order chi connectivity index (χ1) is 15.4. The highest BCUT2D eigenvalue weighted by molar-refractivity contribution is 6.42. The lowest BCUT2D eigenvalue weighted by molar-refractivity contribution is 0.0714. The monoisotopic (exact) mass is 476 g/mol. The normalized spacial score (nSPS) is 13.8. The molecule has 0 unspecified atom stereocenters. The minimum absolute atomic E-state index is 0.0684. The Morgan fingerprint density at radius 2 is 1.94 bits per heavy atom. The number of carbonyl (C=O) groups excluding carboxylic acids is 2. The minimum atomic E-state index is -0.488. The summed E-state index contributed by atoms with van der Waals surface area (Å²) in [6.45, 7) is 1.48. The van der Waals surface area contributed by atoms with Crippen molar-refractivity contribution in [2.75, 3.05) is 18.4 Å².